The maximum atomic E-state index is 13.0. The number of aromatic hydroxyl groups is 1. The van der Waals surface area contributed by atoms with Crippen molar-refractivity contribution in [1.82, 2.24) is 19.9 Å². The molecule has 2 aromatic heterocycles. The van der Waals surface area contributed by atoms with E-state index in [4.69, 9.17) is 0 Å². The normalized spacial score (nSPS) is 12.6. The number of phenolic OH excluding ortho intramolecular Hbond substituents is 1. The Hall–Kier alpha value is -2.98. The molecule has 0 saturated carbocycles. The highest BCUT2D eigenvalue weighted by atomic mass is 19.4. The van der Waals surface area contributed by atoms with E-state index >= 15 is 0 Å². The molecule has 25 heavy (non-hydrogen) atoms. The van der Waals surface area contributed by atoms with E-state index < -0.39 is 35.4 Å². The lowest BCUT2D eigenvalue weighted by atomic mass is 10.1. The summed E-state index contributed by atoms with van der Waals surface area (Å²) in [6, 6.07) is 3.67. The maximum Gasteiger partial charge on any atom is 0.451 e. The molecule has 0 bridgehead atoms. The summed E-state index contributed by atoms with van der Waals surface area (Å²) < 4.78 is 76.5. The lowest BCUT2D eigenvalue weighted by molar-refractivity contribution is -0.145. The SMILES string of the molecule is Oc1cccc2nc(C(F)(F)F)nc(-c3cnc(C(F)(F)F)nc3)c12. The Kier molecular flexibility index (Phi) is 3.73. The van der Waals surface area contributed by atoms with Crippen LogP contribution in [0.15, 0.2) is 30.6 Å². The average molecular weight is 360 g/mol. The second-order valence-corrected chi connectivity index (χ2v) is 4.86. The van der Waals surface area contributed by atoms with Gasteiger partial charge in [-0.05, 0) is 12.1 Å². The summed E-state index contributed by atoms with van der Waals surface area (Å²) in [6.07, 6.45) is -8.32. The smallest absolute Gasteiger partial charge is 0.451 e. The molecule has 0 unspecified atom stereocenters. The van der Waals surface area contributed by atoms with Crippen molar-refractivity contribution in [3.05, 3.63) is 42.2 Å². The Morgan fingerprint density at radius 3 is 1.96 bits per heavy atom. The third kappa shape index (κ3) is 3.16. The molecular weight excluding hydrogens is 354 g/mol. The molecule has 0 aliphatic rings. The van der Waals surface area contributed by atoms with Gasteiger partial charge in [0.05, 0.1) is 16.6 Å². The lowest BCUT2D eigenvalue weighted by Gasteiger charge is -2.12. The van der Waals surface area contributed by atoms with Gasteiger partial charge in [0.1, 0.15) is 5.75 Å². The number of nitrogens with zero attached hydrogens (tertiary/aromatic N) is 4. The van der Waals surface area contributed by atoms with Crippen LogP contribution in [0.4, 0.5) is 26.3 Å². The molecule has 3 rings (SSSR count). The van der Waals surface area contributed by atoms with Crippen LogP contribution in [0.5, 0.6) is 5.75 Å². The van der Waals surface area contributed by atoms with Crippen molar-refractivity contribution in [3.63, 3.8) is 0 Å². The summed E-state index contributed by atoms with van der Waals surface area (Å²) >= 11 is 0. The number of hydrogen-bond acceptors (Lipinski definition) is 5. The predicted octanol–water partition coefficient (Wildman–Crippen LogP) is 3.83. The summed E-state index contributed by atoms with van der Waals surface area (Å²) in [5.41, 5.74) is -0.881. The Balaban J connectivity index is 2.27. The number of fused-ring (bicyclic) bond motifs is 1. The number of phenols is 1. The Bertz CT molecular complexity index is 937. The molecule has 130 valence electrons. The lowest BCUT2D eigenvalue weighted by Crippen LogP contribution is -2.13. The van der Waals surface area contributed by atoms with Gasteiger partial charge in [-0.15, -0.1) is 0 Å². The van der Waals surface area contributed by atoms with Gasteiger partial charge in [0.15, 0.2) is 0 Å². The first-order chi connectivity index (χ1) is 11.6. The minimum absolute atomic E-state index is 0.154. The van der Waals surface area contributed by atoms with Crippen LogP contribution in [0, 0.1) is 0 Å². The van der Waals surface area contributed by atoms with Crippen molar-refractivity contribution >= 4 is 10.9 Å². The van der Waals surface area contributed by atoms with E-state index in [0.717, 1.165) is 0 Å². The van der Waals surface area contributed by atoms with E-state index in [1.165, 1.54) is 18.2 Å². The van der Waals surface area contributed by atoms with Crippen LogP contribution in [0.2, 0.25) is 0 Å². The maximum absolute atomic E-state index is 13.0. The zero-order valence-corrected chi connectivity index (χ0v) is 11.9. The second kappa shape index (κ2) is 5.53. The summed E-state index contributed by atoms with van der Waals surface area (Å²) in [5, 5.41) is 9.76. The fraction of sp³-hybridized carbons (Fsp3) is 0.143. The van der Waals surface area contributed by atoms with Crippen molar-refractivity contribution in [2.45, 2.75) is 12.4 Å². The second-order valence-electron chi connectivity index (χ2n) is 4.86. The van der Waals surface area contributed by atoms with Crippen LogP contribution in [-0.4, -0.2) is 25.0 Å². The van der Waals surface area contributed by atoms with Crippen LogP contribution < -0.4 is 0 Å². The third-order valence-corrected chi connectivity index (χ3v) is 3.13. The first-order valence-corrected chi connectivity index (χ1v) is 6.54. The first kappa shape index (κ1) is 16.9. The molecular formula is C14H6F6N4O. The van der Waals surface area contributed by atoms with Gasteiger partial charge in [-0.2, -0.15) is 26.3 Å². The van der Waals surface area contributed by atoms with E-state index in [2.05, 4.69) is 19.9 Å². The number of aromatic nitrogens is 4. The van der Waals surface area contributed by atoms with Gasteiger partial charge in [-0.25, -0.2) is 19.9 Å². The zero-order chi connectivity index (χ0) is 18.4. The molecule has 5 nitrogen and oxygen atoms in total. The van der Waals surface area contributed by atoms with Crippen molar-refractivity contribution in [3.8, 4) is 17.0 Å². The van der Waals surface area contributed by atoms with Gasteiger partial charge in [0.25, 0.3) is 0 Å². The van der Waals surface area contributed by atoms with Crippen LogP contribution in [-0.2, 0) is 12.4 Å². The van der Waals surface area contributed by atoms with E-state index in [-0.39, 0.29) is 16.5 Å². The van der Waals surface area contributed by atoms with Gasteiger partial charge in [0.2, 0.25) is 11.6 Å². The summed E-state index contributed by atoms with van der Waals surface area (Å²) in [7, 11) is 0. The summed E-state index contributed by atoms with van der Waals surface area (Å²) in [6.45, 7) is 0. The topological polar surface area (TPSA) is 71.8 Å². The zero-order valence-electron chi connectivity index (χ0n) is 11.9. The van der Waals surface area contributed by atoms with Crippen molar-refractivity contribution in [2.75, 3.05) is 0 Å². The van der Waals surface area contributed by atoms with Crippen LogP contribution in [0.3, 0.4) is 0 Å². The van der Waals surface area contributed by atoms with E-state index in [1.807, 2.05) is 0 Å². The summed E-state index contributed by atoms with van der Waals surface area (Å²) in [4.78, 5) is 12.9. The molecule has 0 atom stereocenters. The first-order valence-electron chi connectivity index (χ1n) is 6.54. The van der Waals surface area contributed by atoms with Crippen molar-refractivity contribution < 1.29 is 31.4 Å². The molecule has 1 N–H and O–H groups in total. The summed E-state index contributed by atoms with van der Waals surface area (Å²) in [5.74, 6) is -3.38. The largest absolute Gasteiger partial charge is 0.507 e. The molecule has 0 radical (unpaired) electrons. The Morgan fingerprint density at radius 2 is 1.40 bits per heavy atom. The van der Waals surface area contributed by atoms with Crippen molar-refractivity contribution in [2.24, 2.45) is 0 Å². The number of hydrogen-bond donors (Lipinski definition) is 1. The molecule has 1 aromatic carbocycles. The number of halogens is 6. The minimum Gasteiger partial charge on any atom is -0.507 e. The van der Waals surface area contributed by atoms with Gasteiger partial charge in [0, 0.05) is 18.0 Å². The molecule has 0 aliphatic heterocycles. The minimum atomic E-state index is -4.89. The monoisotopic (exact) mass is 360 g/mol. The Labute approximate surface area is 135 Å². The number of benzene rings is 1. The Morgan fingerprint density at radius 1 is 0.800 bits per heavy atom. The van der Waals surface area contributed by atoms with Crippen LogP contribution >= 0.6 is 0 Å². The standard InChI is InChI=1S/C14H6F6N4O/c15-13(16,17)11-21-4-6(5-22-11)10-9-7(2-1-3-8(9)25)23-12(24-10)14(18,19)20/h1-5,25H. The molecule has 0 spiro atoms. The highest BCUT2D eigenvalue weighted by molar-refractivity contribution is 5.96. The highest BCUT2D eigenvalue weighted by Crippen LogP contribution is 2.36. The molecule has 11 heteroatoms. The predicted molar refractivity (Wildman–Crippen MR) is 72.2 cm³/mol. The van der Waals surface area contributed by atoms with E-state index in [9.17, 15) is 31.4 Å². The van der Waals surface area contributed by atoms with E-state index in [0.29, 0.717) is 12.4 Å². The molecule has 3 aromatic rings. The fourth-order valence-corrected chi connectivity index (χ4v) is 2.10. The molecule has 2 heterocycles. The fourth-order valence-electron chi connectivity index (χ4n) is 2.10. The number of alkyl halides is 6. The molecule has 0 fully saturated rings. The third-order valence-electron chi connectivity index (χ3n) is 3.13. The number of rotatable bonds is 1. The van der Waals surface area contributed by atoms with E-state index in [1.54, 1.807) is 0 Å². The van der Waals surface area contributed by atoms with Gasteiger partial charge in [-0.3, -0.25) is 0 Å². The highest BCUT2D eigenvalue weighted by Gasteiger charge is 2.37. The van der Waals surface area contributed by atoms with Crippen LogP contribution in [0.25, 0.3) is 22.2 Å². The van der Waals surface area contributed by atoms with Gasteiger partial charge >= 0.3 is 12.4 Å². The van der Waals surface area contributed by atoms with Gasteiger partial charge < -0.3 is 5.11 Å². The average Bonchev–Trinajstić information content (AvgIpc) is 2.52. The quantitative estimate of drug-likeness (QED) is 0.668. The molecule has 0 aliphatic carbocycles. The van der Waals surface area contributed by atoms with Crippen LogP contribution in [0.1, 0.15) is 11.6 Å². The van der Waals surface area contributed by atoms with Crippen molar-refractivity contribution in [1.29, 1.82) is 0 Å². The molecule has 0 amide bonds. The van der Waals surface area contributed by atoms with Gasteiger partial charge in [-0.1, -0.05) is 6.07 Å². The molecule has 0 saturated heterocycles.